The van der Waals surface area contributed by atoms with Crippen molar-refractivity contribution in [3.63, 3.8) is 0 Å². The highest BCUT2D eigenvalue weighted by Gasteiger charge is 2.40. The summed E-state index contributed by atoms with van der Waals surface area (Å²) in [7, 11) is 0. The molecule has 1 aliphatic rings. The molecular weight excluding hydrogens is 325 g/mol. The van der Waals surface area contributed by atoms with Crippen LogP contribution in [0.5, 0.6) is 0 Å². The first-order chi connectivity index (χ1) is 11.0. The summed E-state index contributed by atoms with van der Waals surface area (Å²) >= 11 is 0. The fraction of sp³-hybridized carbons (Fsp3) is 0.500. The molecule has 0 bridgehead atoms. The van der Waals surface area contributed by atoms with E-state index in [9.17, 15) is 22.8 Å². The Hall–Kier alpha value is -2.25. The van der Waals surface area contributed by atoms with Crippen LogP contribution in [0.4, 0.5) is 18.0 Å². The van der Waals surface area contributed by atoms with Gasteiger partial charge in [0.15, 0.2) is 0 Å². The third kappa shape index (κ3) is 4.18. The summed E-state index contributed by atoms with van der Waals surface area (Å²) in [6, 6.07) is 3.69. The van der Waals surface area contributed by atoms with Crippen LogP contribution in [0, 0.1) is 0 Å². The molecule has 132 valence electrons. The highest BCUT2D eigenvalue weighted by atomic mass is 19.4. The lowest BCUT2D eigenvalue weighted by atomic mass is 10.0. The number of alkyl carbamates (subject to hydrolysis) is 1. The molecule has 2 rings (SSSR count). The number of nitrogens with zero attached hydrogens (tertiary/aromatic N) is 1. The second-order valence-corrected chi connectivity index (χ2v) is 6.49. The van der Waals surface area contributed by atoms with Gasteiger partial charge in [-0.05, 0) is 32.4 Å². The van der Waals surface area contributed by atoms with Gasteiger partial charge in [-0.15, -0.1) is 0 Å². The van der Waals surface area contributed by atoms with E-state index in [1.165, 1.54) is 17.0 Å². The molecular formula is C16H19F3N2O3. The lowest BCUT2D eigenvalue weighted by molar-refractivity contribution is -0.137. The average Bonchev–Trinajstić information content (AvgIpc) is 2.73. The predicted molar refractivity (Wildman–Crippen MR) is 80.4 cm³/mol. The summed E-state index contributed by atoms with van der Waals surface area (Å²) in [5, 5.41) is 2.48. The molecule has 0 aliphatic carbocycles. The molecule has 1 aliphatic heterocycles. The number of ether oxygens (including phenoxy) is 1. The second kappa shape index (κ2) is 6.33. The van der Waals surface area contributed by atoms with Crippen molar-refractivity contribution in [1.29, 1.82) is 0 Å². The van der Waals surface area contributed by atoms with Crippen LogP contribution < -0.4 is 5.32 Å². The molecule has 8 heteroatoms. The van der Waals surface area contributed by atoms with Crippen molar-refractivity contribution in [3.05, 3.63) is 34.9 Å². The van der Waals surface area contributed by atoms with E-state index in [0.29, 0.717) is 5.56 Å². The minimum absolute atomic E-state index is 0.0914. The molecule has 5 nitrogen and oxygen atoms in total. The molecule has 0 saturated carbocycles. The zero-order valence-electron chi connectivity index (χ0n) is 13.7. The largest absolute Gasteiger partial charge is 0.444 e. The number of fused-ring (bicyclic) bond motifs is 1. The quantitative estimate of drug-likeness (QED) is 0.916. The first kappa shape index (κ1) is 18.1. The number of amides is 2. The predicted octanol–water partition coefficient (Wildman–Crippen LogP) is 3.19. The van der Waals surface area contributed by atoms with Crippen LogP contribution in [0.3, 0.4) is 0 Å². The summed E-state index contributed by atoms with van der Waals surface area (Å²) in [6.45, 7) is 5.43. The first-order valence-electron chi connectivity index (χ1n) is 7.44. The fourth-order valence-electron chi connectivity index (χ4n) is 2.44. The second-order valence-electron chi connectivity index (χ2n) is 6.49. The third-order valence-corrected chi connectivity index (χ3v) is 3.37. The summed E-state index contributed by atoms with van der Waals surface area (Å²) in [4.78, 5) is 25.1. The molecule has 1 aromatic carbocycles. The Morgan fingerprint density at radius 1 is 1.29 bits per heavy atom. The number of benzene rings is 1. The normalized spacial score (nSPS) is 14.6. The third-order valence-electron chi connectivity index (χ3n) is 3.37. The Balaban J connectivity index is 1.99. The van der Waals surface area contributed by atoms with Crippen molar-refractivity contribution in [1.82, 2.24) is 10.2 Å². The fourth-order valence-corrected chi connectivity index (χ4v) is 2.44. The Labute approximate surface area is 137 Å². The number of carbonyl (C=O) groups excluding carboxylic acids is 2. The van der Waals surface area contributed by atoms with Crippen LogP contribution in [0.2, 0.25) is 0 Å². The van der Waals surface area contributed by atoms with Gasteiger partial charge in [0, 0.05) is 19.6 Å². The molecule has 0 aromatic heterocycles. The smallest absolute Gasteiger partial charge is 0.417 e. The summed E-state index contributed by atoms with van der Waals surface area (Å²) in [6.07, 6.45) is -5.21. The molecule has 24 heavy (non-hydrogen) atoms. The van der Waals surface area contributed by atoms with Crippen molar-refractivity contribution in [2.75, 3.05) is 13.1 Å². The van der Waals surface area contributed by atoms with Gasteiger partial charge in [-0.1, -0.05) is 12.1 Å². The molecule has 0 radical (unpaired) electrons. The highest BCUT2D eigenvalue weighted by molar-refractivity contribution is 6.00. The van der Waals surface area contributed by atoms with Gasteiger partial charge in [0.1, 0.15) is 5.60 Å². The molecule has 0 unspecified atom stereocenters. The zero-order valence-corrected chi connectivity index (χ0v) is 13.7. The van der Waals surface area contributed by atoms with Crippen LogP contribution in [-0.2, 0) is 17.5 Å². The van der Waals surface area contributed by atoms with E-state index >= 15 is 0 Å². The van der Waals surface area contributed by atoms with E-state index in [2.05, 4.69) is 5.32 Å². The maximum absolute atomic E-state index is 13.0. The van der Waals surface area contributed by atoms with Gasteiger partial charge in [0.25, 0.3) is 5.91 Å². The standard InChI is InChI=1S/C16H19F3N2O3/c1-15(2,3)24-14(23)20-7-8-21-9-10-5-4-6-11(16(17,18)19)12(10)13(21)22/h4-6H,7-9H2,1-3H3,(H,20,23). The summed E-state index contributed by atoms with van der Waals surface area (Å²) < 4.78 is 44.1. The van der Waals surface area contributed by atoms with Crippen LogP contribution in [0.1, 0.15) is 42.3 Å². The number of carbonyl (C=O) groups is 2. The number of nitrogens with one attached hydrogen (secondary N) is 1. The Morgan fingerprint density at radius 3 is 2.54 bits per heavy atom. The van der Waals surface area contributed by atoms with E-state index in [4.69, 9.17) is 4.74 Å². The van der Waals surface area contributed by atoms with Gasteiger partial charge >= 0.3 is 12.3 Å². The van der Waals surface area contributed by atoms with Gasteiger partial charge in [-0.3, -0.25) is 4.79 Å². The van der Waals surface area contributed by atoms with Crippen LogP contribution in [0.15, 0.2) is 18.2 Å². The SMILES string of the molecule is CC(C)(C)OC(=O)NCCN1Cc2cccc(C(F)(F)F)c2C1=O. The molecule has 0 atom stereocenters. The first-order valence-corrected chi connectivity index (χ1v) is 7.44. The minimum atomic E-state index is -4.58. The average molecular weight is 344 g/mol. The van der Waals surface area contributed by atoms with Gasteiger partial charge in [-0.25, -0.2) is 4.79 Å². The Morgan fingerprint density at radius 2 is 1.96 bits per heavy atom. The van der Waals surface area contributed by atoms with Gasteiger partial charge in [-0.2, -0.15) is 13.2 Å². The molecule has 1 N–H and O–H groups in total. The summed E-state index contributed by atoms with van der Waals surface area (Å²) in [5.41, 5.74) is -1.53. The molecule has 1 aromatic rings. The van der Waals surface area contributed by atoms with E-state index in [-0.39, 0.29) is 25.2 Å². The van der Waals surface area contributed by atoms with E-state index in [0.717, 1.165) is 6.07 Å². The Kier molecular flexibility index (Phi) is 4.77. The molecule has 0 fully saturated rings. The van der Waals surface area contributed by atoms with Crippen molar-refractivity contribution in [2.45, 2.75) is 39.1 Å². The van der Waals surface area contributed by atoms with Crippen LogP contribution in [-0.4, -0.2) is 35.6 Å². The minimum Gasteiger partial charge on any atom is -0.444 e. The maximum Gasteiger partial charge on any atom is 0.417 e. The summed E-state index contributed by atoms with van der Waals surface area (Å²) in [5.74, 6) is -0.677. The maximum atomic E-state index is 13.0. The Bertz CT molecular complexity index is 651. The van der Waals surface area contributed by atoms with Crippen LogP contribution >= 0.6 is 0 Å². The van der Waals surface area contributed by atoms with Crippen molar-refractivity contribution < 1.29 is 27.5 Å². The van der Waals surface area contributed by atoms with Crippen molar-refractivity contribution in [3.8, 4) is 0 Å². The molecule has 1 heterocycles. The zero-order chi connectivity index (χ0) is 18.1. The number of hydrogen-bond acceptors (Lipinski definition) is 3. The lowest BCUT2D eigenvalue weighted by Crippen LogP contribution is -2.38. The van der Waals surface area contributed by atoms with Gasteiger partial charge < -0.3 is 15.0 Å². The van der Waals surface area contributed by atoms with E-state index in [1.54, 1.807) is 20.8 Å². The number of halogens is 3. The van der Waals surface area contributed by atoms with Gasteiger partial charge in [0.05, 0.1) is 11.1 Å². The van der Waals surface area contributed by atoms with E-state index in [1.807, 2.05) is 0 Å². The molecule has 0 saturated heterocycles. The lowest BCUT2D eigenvalue weighted by Gasteiger charge is -2.21. The highest BCUT2D eigenvalue weighted by Crippen LogP contribution is 2.36. The number of alkyl halides is 3. The van der Waals surface area contributed by atoms with Gasteiger partial charge in [0.2, 0.25) is 0 Å². The van der Waals surface area contributed by atoms with Crippen molar-refractivity contribution in [2.24, 2.45) is 0 Å². The van der Waals surface area contributed by atoms with E-state index < -0.39 is 29.3 Å². The molecule has 2 amide bonds. The topological polar surface area (TPSA) is 58.6 Å². The van der Waals surface area contributed by atoms with Crippen LogP contribution in [0.25, 0.3) is 0 Å². The monoisotopic (exact) mass is 344 g/mol. The van der Waals surface area contributed by atoms with Crippen molar-refractivity contribution >= 4 is 12.0 Å². The number of rotatable bonds is 3. The number of hydrogen-bond donors (Lipinski definition) is 1. The molecule has 0 spiro atoms.